The molecule has 1 atom stereocenters. The van der Waals surface area contributed by atoms with Crippen LogP contribution in [-0.4, -0.2) is 65.9 Å². The summed E-state index contributed by atoms with van der Waals surface area (Å²) in [5.74, 6) is -1.38. The lowest BCUT2D eigenvalue weighted by Gasteiger charge is -2.42. The maximum Gasteiger partial charge on any atom is 0.277 e. The smallest absolute Gasteiger partial charge is 0.277 e. The minimum atomic E-state index is -4.22. The quantitative estimate of drug-likeness (QED) is 0.641. The van der Waals surface area contributed by atoms with E-state index in [-0.39, 0.29) is 35.8 Å². The van der Waals surface area contributed by atoms with Crippen molar-refractivity contribution in [3.8, 4) is 0 Å². The number of nitrogens with two attached hydrogens (primary N) is 1. The molecule has 10 nitrogen and oxygen atoms in total. The molecule has 2 aromatic rings. The fraction of sp³-hybridized carbons (Fsp3) is 0.500. The van der Waals surface area contributed by atoms with E-state index in [0.717, 1.165) is 41.4 Å². The molecular formula is C22H28FN5O5S. The molecule has 184 valence electrons. The number of nitrogens with one attached hydrogen (secondary N) is 1. The van der Waals surface area contributed by atoms with Gasteiger partial charge in [-0.1, -0.05) is 5.16 Å². The van der Waals surface area contributed by atoms with Crippen LogP contribution in [0.1, 0.15) is 48.4 Å². The molecule has 34 heavy (non-hydrogen) atoms. The van der Waals surface area contributed by atoms with Crippen LogP contribution in [-0.2, 0) is 14.8 Å². The second-order valence-electron chi connectivity index (χ2n) is 8.74. The van der Waals surface area contributed by atoms with E-state index in [1.165, 1.54) is 11.0 Å². The van der Waals surface area contributed by atoms with Crippen molar-refractivity contribution in [2.45, 2.75) is 62.2 Å². The number of hydrogen-bond donors (Lipinski definition) is 2. The number of amides is 2. The van der Waals surface area contributed by atoms with Gasteiger partial charge in [-0.2, -0.15) is 4.31 Å². The van der Waals surface area contributed by atoms with E-state index in [1.54, 1.807) is 6.92 Å². The lowest BCUT2D eigenvalue weighted by Crippen LogP contribution is -2.64. The molecule has 2 aliphatic rings. The highest BCUT2D eigenvalue weighted by atomic mass is 32.2. The van der Waals surface area contributed by atoms with E-state index < -0.39 is 33.8 Å². The fourth-order valence-electron chi connectivity index (χ4n) is 4.43. The van der Waals surface area contributed by atoms with Crippen molar-refractivity contribution in [1.29, 1.82) is 0 Å². The summed E-state index contributed by atoms with van der Waals surface area (Å²) in [6.45, 7) is 1.81. The largest absolute Gasteiger partial charge is 0.361 e. The van der Waals surface area contributed by atoms with E-state index in [0.29, 0.717) is 25.0 Å². The summed E-state index contributed by atoms with van der Waals surface area (Å²) in [7, 11) is -4.22. The van der Waals surface area contributed by atoms with Gasteiger partial charge in [0.15, 0.2) is 11.9 Å². The second kappa shape index (κ2) is 9.80. The second-order valence-corrected chi connectivity index (χ2v) is 10.6. The number of benzene rings is 1. The maximum absolute atomic E-state index is 13.5. The molecule has 2 fully saturated rings. The van der Waals surface area contributed by atoms with Crippen LogP contribution < -0.4 is 11.1 Å². The number of aromatic nitrogens is 1. The van der Waals surface area contributed by atoms with Crippen LogP contribution in [0, 0.1) is 12.7 Å². The topological polar surface area (TPSA) is 139 Å². The number of carbonyl (C=O) groups is 2. The zero-order chi connectivity index (χ0) is 24.5. The highest BCUT2D eigenvalue weighted by Gasteiger charge is 2.45. The van der Waals surface area contributed by atoms with Crippen molar-refractivity contribution in [1.82, 2.24) is 19.7 Å². The van der Waals surface area contributed by atoms with Crippen molar-refractivity contribution >= 4 is 21.8 Å². The Morgan fingerprint density at radius 3 is 2.44 bits per heavy atom. The third kappa shape index (κ3) is 4.98. The van der Waals surface area contributed by atoms with E-state index in [1.807, 2.05) is 0 Å². The highest BCUT2D eigenvalue weighted by molar-refractivity contribution is 7.89. The van der Waals surface area contributed by atoms with Crippen molar-refractivity contribution in [3.05, 3.63) is 47.6 Å². The van der Waals surface area contributed by atoms with Gasteiger partial charge >= 0.3 is 0 Å². The van der Waals surface area contributed by atoms with Crippen molar-refractivity contribution in [2.24, 2.45) is 5.73 Å². The summed E-state index contributed by atoms with van der Waals surface area (Å²) in [5, 5.41) is 6.66. The van der Waals surface area contributed by atoms with E-state index in [4.69, 9.17) is 10.3 Å². The number of hydrogen-bond acceptors (Lipinski definition) is 7. The molecule has 1 aliphatic heterocycles. The van der Waals surface area contributed by atoms with Gasteiger partial charge in [0.1, 0.15) is 11.6 Å². The van der Waals surface area contributed by atoms with Crippen LogP contribution in [0.4, 0.5) is 4.39 Å². The summed E-state index contributed by atoms with van der Waals surface area (Å²) >= 11 is 0. The molecule has 1 saturated carbocycles. The van der Waals surface area contributed by atoms with Gasteiger partial charge < -0.3 is 20.5 Å². The van der Waals surface area contributed by atoms with Gasteiger partial charge in [0, 0.05) is 31.2 Å². The predicted molar refractivity (Wildman–Crippen MR) is 119 cm³/mol. The molecule has 1 aromatic carbocycles. The molecule has 0 spiro atoms. The Balaban J connectivity index is 1.67. The Bertz CT molecular complexity index is 1140. The molecule has 2 amide bonds. The van der Waals surface area contributed by atoms with Crippen LogP contribution in [0.15, 0.2) is 39.8 Å². The fourth-order valence-corrected chi connectivity index (χ4v) is 6.02. The maximum atomic E-state index is 13.5. The van der Waals surface area contributed by atoms with Crippen LogP contribution in [0.5, 0.6) is 0 Å². The van der Waals surface area contributed by atoms with Gasteiger partial charge in [-0.25, -0.2) is 12.8 Å². The normalized spacial score (nSPS) is 24.1. The minimum absolute atomic E-state index is 0.0139. The predicted octanol–water partition coefficient (Wildman–Crippen LogP) is 1.37. The zero-order valence-electron chi connectivity index (χ0n) is 18.8. The van der Waals surface area contributed by atoms with Crippen LogP contribution >= 0.6 is 0 Å². The molecule has 12 heteroatoms. The van der Waals surface area contributed by atoms with E-state index in [2.05, 4.69) is 10.5 Å². The Morgan fingerprint density at radius 2 is 1.82 bits per heavy atom. The molecule has 1 saturated heterocycles. The Kier molecular flexibility index (Phi) is 7.01. The monoisotopic (exact) mass is 493 g/mol. The van der Waals surface area contributed by atoms with Gasteiger partial charge in [0.2, 0.25) is 10.0 Å². The lowest BCUT2D eigenvalue weighted by atomic mass is 9.92. The summed E-state index contributed by atoms with van der Waals surface area (Å²) in [6, 6.07) is 5.71. The Labute approximate surface area is 197 Å². The first-order chi connectivity index (χ1) is 16.2. The molecule has 2 heterocycles. The van der Waals surface area contributed by atoms with Gasteiger partial charge in [0.05, 0.1) is 4.90 Å². The molecule has 0 bridgehead atoms. The summed E-state index contributed by atoms with van der Waals surface area (Å²) in [5.41, 5.74) is 5.94. The van der Waals surface area contributed by atoms with Crippen molar-refractivity contribution in [3.63, 3.8) is 0 Å². The first kappa shape index (κ1) is 24.3. The van der Waals surface area contributed by atoms with Crippen LogP contribution in [0.3, 0.4) is 0 Å². The summed E-state index contributed by atoms with van der Waals surface area (Å²) < 4.78 is 46.4. The standard InChI is InChI=1S/C22H28FN5O5S/c1-14-13-19(26-33-14)22(30)27-11-2-12-28(34(31,32)18-9-3-15(23)4-10-18)21(27)20(29)25-17-7-5-16(24)6-8-17/h3-4,9-10,13,16-17,21H,2,5-8,11-12,24H2,1H3,(H,25,29). The number of aryl methyl sites for hydroxylation is 1. The average molecular weight is 494 g/mol. The third-order valence-corrected chi connectivity index (χ3v) is 8.09. The minimum Gasteiger partial charge on any atom is -0.361 e. The molecule has 1 unspecified atom stereocenters. The number of rotatable bonds is 5. The number of carbonyl (C=O) groups excluding carboxylic acids is 2. The summed E-state index contributed by atoms with van der Waals surface area (Å²) in [4.78, 5) is 27.8. The lowest BCUT2D eigenvalue weighted by molar-refractivity contribution is -0.132. The Hall–Kier alpha value is -2.83. The van der Waals surface area contributed by atoms with Crippen LogP contribution in [0.2, 0.25) is 0 Å². The summed E-state index contributed by atoms with van der Waals surface area (Å²) in [6.07, 6.45) is 1.71. The van der Waals surface area contributed by atoms with Gasteiger partial charge in [-0.05, 0) is 63.3 Å². The highest BCUT2D eigenvalue weighted by Crippen LogP contribution is 2.27. The SMILES string of the molecule is Cc1cc(C(=O)N2CCCN(S(=O)(=O)c3ccc(F)cc3)C2C(=O)NC2CCC(N)CC2)no1. The van der Waals surface area contributed by atoms with Gasteiger partial charge in [-0.15, -0.1) is 0 Å². The molecule has 1 aliphatic carbocycles. The van der Waals surface area contributed by atoms with Gasteiger partial charge in [-0.3, -0.25) is 9.59 Å². The molecule has 1 aromatic heterocycles. The molecule has 0 radical (unpaired) electrons. The number of nitrogens with zero attached hydrogens (tertiary/aromatic N) is 3. The zero-order valence-corrected chi connectivity index (χ0v) is 19.6. The Morgan fingerprint density at radius 1 is 1.15 bits per heavy atom. The number of halogens is 1. The van der Waals surface area contributed by atoms with Gasteiger partial charge in [0.25, 0.3) is 11.8 Å². The molecular weight excluding hydrogens is 465 g/mol. The third-order valence-electron chi connectivity index (χ3n) is 6.23. The molecule has 4 rings (SSSR count). The van der Waals surface area contributed by atoms with Crippen molar-refractivity contribution in [2.75, 3.05) is 13.1 Å². The molecule has 3 N–H and O–H groups in total. The first-order valence-corrected chi connectivity index (χ1v) is 12.7. The van der Waals surface area contributed by atoms with Crippen LogP contribution in [0.25, 0.3) is 0 Å². The first-order valence-electron chi connectivity index (χ1n) is 11.2. The van der Waals surface area contributed by atoms with E-state index >= 15 is 0 Å². The van der Waals surface area contributed by atoms with Crippen molar-refractivity contribution < 1.29 is 26.9 Å². The van der Waals surface area contributed by atoms with E-state index in [9.17, 15) is 22.4 Å². The average Bonchev–Trinajstić information content (AvgIpc) is 3.26. The number of sulfonamides is 1.